The van der Waals surface area contributed by atoms with E-state index in [2.05, 4.69) is 0 Å². The van der Waals surface area contributed by atoms with Gasteiger partial charge in [0.05, 0.1) is 24.3 Å². The van der Waals surface area contributed by atoms with E-state index in [1.807, 2.05) is 6.92 Å². The molecule has 122 valence electrons. The molecule has 0 saturated carbocycles. The van der Waals surface area contributed by atoms with Crippen molar-refractivity contribution < 1.29 is 23.8 Å². The molecule has 0 amide bonds. The van der Waals surface area contributed by atoms with Crippen molar-refractivity contribution in [2.75, 3.05) is 13.2 Å². The molecular weight excluding hydrogens is 299 g/mol. The minimum atomic E-state index is -0.533. The maximum atomic E-state index is 13.1. The normalized spacial score (nSPS) is 10.4. The number of ether oxygens (including phenoxy) is 2. The monoisotopic (exact) mass is 318 g/mol. The van der Waals surface area contributed by atoms with E-state index >= 15 is 0 Å². The first kappa shape index (κ1) is 16.8. The zero-order valence-electron chi connectivity index (χ0n) is 13.1. The fourth-order valence-corrected chi connectivity index (χ4v) is 2.17. The lowest BCUT2D eigenvalue weighted by atomic mass is 10.0. The van der Waals surface area contributed by atoms with Crippen LogP contribution in [0.5, 0.6) is 11.5 Å². The molecule has 0 fully saturated rings. The number of hydrogen-bond acceptors (Lipinski definition) is 4. The van der Waals surface area contributed by atoms with E-state index in [0.717, 1.165) is 6.42 Å². The van der Waals surface area contributed by atoms with Gasteiger partial charge in [0.1, 0.15) is 17.3 Å². The van der Waals surface area contributed by atoms with Gasteiger partial charge in [-0.05, 0) is 43.2 Å². The van der Waals surface area contributed by atoms with Crippen LogP contribution in [0.3, 0.4) is 0 Å². The Morgan fingerprint density at radius 1 is 1.17 bits per heavy atom. The minimum absolute atomic E-state index is 0.117. The lowest BCUT2D eigenvalue weighted by Gasteiger charge is -2.15. The van der Waals surface area contributed by atoms with E-state index in [4.69, 9.17) is 9.47 Å². The first-order valence-corrected chi connectivity index (χ1v) is 7.49. The first-order chi connectivity index (χ1) is 11.1. The van der Waals surface area contributed by atoms with Crippen molar-refractivity contribution in [1.82, 2.24) is 0 Å². The molecule has 2 aromatic carbocycles. The smallest absolute Gasteiger partial charge is 0.338 e. The summed E-state index contributed by atoms with van der Waals surface area (Å²) in [7, 11) is 0. The molecule has 2 aromatic rings. The van der Waals surface area contributed by atoms with Gasteiger partial charge in [-0.25, -0.2) is 9.18 Å². The standard InChI is InChI=1S/C18H19FO4/c1-3-9-23-16-11-13(18(21)22-4-2)10-15(20)17(16)12-5-7-14(19)8-6-12/h5-8,10-11,20H,3-4,9H2,1-2H3. The number of phenolic OH excluding ortho intramolecular Hbond substituents is 1. The molecule has 0 atom stereocenters. The van der Waals surface area contributed by atoms with Crippen LogP contribution in [0.2, 0.25) is 0 Å². The van der Waals surface area contributed by atoms with Crippen molar-refractivity contribution in [1.29, 1.82) is 0 Å². The molecule has 0 bridgehead atoms. The molecule has 0 aliphatic rings. The molecule has 2 rings (SSSR count). The largest absolute Gasteiger partial charge is 0.507 e. The van der Waals surface area contributed by atoms with Crippen molar-refractivity contribution in [2.24, 2.45) is 0 Å². The summed E-state index contributed by atoms with van der Waals surface area (Å²) in [5.74, 6) is -0.656. The quantitative estimate of drug-likeness (QED) is 0.812. The van der Waals surface area contributed by atoms with E-state index < -0.39 is 5.97 Å². The minimum Gasteiger partial charge on any atom is -0.507 e. The summed E-state index contributed by atoms with van der Waals surface area (Å²) in [6.45, 7) is 4.33. The highest BCUT2D eigenvalue weighted by Crippen LogP contribution is 2.39. The van der Waals surface area contributed by atoms with Crippen LogP contribution in [0.4, 0.5) is 4.39 Å². The molecule has 0 radical (unpaired) electrons. The Balaban J connectivity index is 2.51. The molecule has 0 heterocycles. The molecule has 0 unspecified atom stereocenters. The fraction of sp³-hybridized carbons (Fsp3) is 0.278. The van der Waals surface area contributed by atoms with Crippen molar-refractivity contribution >= 4 is 5.97 Å². The van der Waals surface area contributed by atoms with Crippen LogP contribution in [0.15, 0.2) is 36.4 Å². The highest BCUT2D eigenvalue weighted by Gasteiger charge is 2.18. The van der Waals surface area contributed by atoms with E-state index in [1.165, 1.54) is 24.3 Å². The molecule has 0 saturated heterocycles. The Morgan fingerprint density at radius 3 is 2.48 bits per heavy atom. The first-order valence-electron chi connectivity index (χ1n) is 7.49. The Kier molecular flexibility index (Phi) is 5.57. The van der Waals surface area contributed by atoms with Crippen LogP contribution < -0.4 is 4.74 Å². The average molecular weight is 318 g/mol. The Bertz CT molecular complexity index is 680. The van der Waals surface area contributed by atoms with E-state index in [-0.39, 0.29) is 23.7 Å². The van der Waals surface area contributed by atoms with Gasteiger partial charge in [-0.15, -0.1) is 0 Å². The van der Waals surface area contributed by atoms with Gasteiger partial charge < -0.3 is 14.6 Å². The number of carbonyl (C=O) groups is 1. The number of aromatic hydroxyl groups is 1. The number of hydrogen-bond donors (Lipinski definition) is 1. The number of phenols is 1. The molecule has 5 heteroatoms. The molecule has 23 heavy (non-hydrogen) atoms. The highest BCUT2D eigenvalue weighted by atomic mass is 19.1. The van der Waals surface area contributed by atoms with E-state index in [0.29, 0.717) is 23.5 Å². The second-order valence-electron chi connectivity index (χ2n) is 4.94. The second kappa shape index (κ2) is 7.63. The third-order valence-corrected chi connectivity index (χ3v) is 3.19. The molecule has 0 aliphatic heterocycles. The fourth-order valence-electron chi connectivity index (χ4n) is 2.17. The topological polar surface area (TPSA) is 55.8 Å². The number of halogens is 1. The second-order valence-corrected chi connectivity index (χ2v) is 4.94. The van der Waals surface area contributed by atoms with Gasteiger partial charge in [0.25, 0.3) is 0 Å². The summed E-state index contributed by atoms with van der Waals surface area (Å²) >= 11 is 0. The predicted octanol–water partition coefficient (Wildman–Crippen LogP) is 4.16. The summed E-state index contributed by atoms with van der Waals surface area (Å²) in [6, 6.07) is 8.57. The number of benzene rings is 2. The van der Waals surface area contributed by atoms with Gasteiger partial charge in [-0.3, -0.25) is 0 Å². The zero-order chi connectivity index (χ0) is 16.8. The molecule has 1 N–H and O–H groups in total. The van der Waals surface area contributed by atoms with Crippen LogP contribution in [0.1, 0.15) is 30.6 Å². The summed E-state index contributed by atoms with van der Waals surface area (Å²) in [4.78, 5) is 11.9. The van der Waals surface area contributed by atoms with Gasteiger partial charge in [0.15, 0.2) is 0 Å². The summed E-state index contributed by atoms with van der Waals surface area (Å²) in [6.07, 6.45) is 0.771. The van der Waals surface area contributed by atoms with E-state index in [9.17, 15) is 14.3 Å². The molecule has 0 aliphatic carbocycles. The van der Waals surface area contributed by atoms with Crippen LogP contribution in [-0.4, -0.2) is 24.3 Å². The van der Waals surface area contributed by atoms with Crippen LogP contribution in [0.25, 0.3) is 11.1 Å². The average Bonchev–Trinajstić information content (AvgIpc) is 2.54. The lowest BCUT2D eigenvalue weighted by Crippen LogP contribution is -2.06. The van der Waals surface area contributed by atoms with Gasteiger partial charge in [0.2, 0.25) is 0 Å². The van der Waals surface area contributed by atoms with Crippen LogP contribution >= 0.6 is 0 Å². The Morgan fingerprint density at radius 2 is 1.87 bits per heavy atom. The lowest BCUT2D eigenvalue weighted by molar-refractivity contribution is 0.0525. The van der Waals surface area contributed by atoms with Gasteiger partial charge in [-0.1, -0.05) is 19.1 Å². The molecular formula is C18H19FO4. The van der Waals surface area contributed by atoms with Crippen LogP contribution in [-0.2, 0) is 4.74 Å². The molecule has 0 aromatic heterocycles. The van der Waals surface area contributed by atoms with Crippen molar-refractivity contribution in [3.05, 3.63) is 47.8 Å². The van der Waals surface area contributed by atoms with Gasteiger partial charge in [0, 0.05) is 0 Å². The molecule has 4 nitrogen and oxygen atoms in total. The number of esters is 1. The van der Waals surface area contributed by atoms with Crippen molar-refractivity contribution in [3.63, 3.8) is 0 Å². The third-order valence-electron chi connectivity index (χ3n) is 3.19. The summed E-state index contributed by atoms with van der Waals surface area (Å²) in [5, 5.41) is 10.3. The van der Waals surface area contributed by atoms with Crippen molar-refractivity contribution in [2.45, 2.75) is 20.3 Å². The Labute approximate surface area is 134 Å². The zero-order valence-corrected chi connectivity index (χ0v) is 13.1. The number of rotatable bonds is 6. The van der Waals surface area contributed by atoms with E-state index in [1.54, 1.807) is 19.1 Å². The maximum absolute atomic E-state index is 13.1. The predicted molar refractivity (Wildman–Crippen MR) is 85.2 cm³/mol. The SMILES string of the molecule is CCCOc1cc(C(=O)OCC)cc(O)c1-c1ccc(F)cc1. The van der Waals surface area contributed by atoms with Gasteiger partial charge in [-0.2, -0.15) is 0 Å². The third kappa shape index (κ3) is 4.00. The Hall–Kier alpha value is -2.56. The molecule has 0 spiro atoms. The van der Waals surface area contributed by atoms with Crippen LogP contribution in [0, 0.1) is 5.82 Å². The highest BCUT2D eigenvalue weighted by molar-refractivity contribution is 5.93. The van der Waals surface area contributed by atoms with Crippen molar-refractivity contribution in [3.8, 4) is 22.6 Å². The summed E-state index contributed by atoms with van der Waals surface area (Å²) < 4.78 is 23.7. The number of carbonyl (C=O) groups excluding carboxylic acids is 1. The maximum Gasteiger partial charge on any atom is 0.338 e. The van der Waals surface area contributed by atoms with Gasteiger partial charge >= 0.3 is 5.97 Å². The summed E-state index contributed by atoms with van der Waals surface area (Å²) in [5.41, 5.74) is 1.23.